The summed E-state index contributed by atoms with van der Waals surface area (Å²) >= 11 is 0. The molecule has 8 heteroatoms. The number of carbonyl (C=O) groups excluding carboxylic acids is 3. The van der Waals surface area contributed by atoms with Crippen LogP contribution in [0.15, 0.2) is 55.6 Å². The first-order valence-electron chi connectivity index (χ1n) is 13.8. The van der Waals surface area contributed by atoms with E-state index in [1.807, 2.05) is 37.3 Å². The number of β-amino-alcohol motifs (C(OH)–C–C–N with tert-alkyl or cyclic N) is 1. The van der Waals surface area contributed by atoms with E-state index >= 15 is 0 Å². The number of ether oxygens (including phenoxy) is 1. The van der Waals surface area contributed by atoms with Crippen LogP contribution in [0.25, 0.3) is 0 Å². The van der Waals surface area contributed by atoms with E-state index in [-0.39, 0.29) is 36.9 Å². The number of likely N-dealkylation sites (tertiary alicyclic amines) is 1. The molecule has 1 aromatic rings. The largest absolute Gasteiger partial charge is 0.395 e. The number of benzene rings is 1. The van der Waals surface area contributed by atoms with Gasteiger partial charge in [0, 0.05) is 32.2 Å². The van der Waals surface area contributed by atoms with Crippen LogP contribution in [-0.2, 0) is 25.7 Å². The number of hydrogen-bond donors (Lipinski definition) is 1. The minimum atomic E-state index is -1.08. The third-order valence-corrected chi connectivity index (χ3v) is 8.38. The molecule has 206 valence electrons. The van der Waals surface area contributed by atoms with Crippen molar-refractivity contribution < 1.29 is 24.2 Å². The van der Waals surface area contributed by atoms with Crippen molar-refractivity contribution in [1.29, 1.82) is 0 Å². The summed E-state index contributed by atoms with van der Waals surface area (Å²) in [6.45, 7) is 12.6. The first kappa shape index (κ1) is 28.0. The number of carbonyl (C=O) groups is 3. The van der Waals surface area contributed by atoms with Crippen LogP contribution in [0.4, 0.5) is 0 Å². The van der Waals surface area contributed by atoms with Crippen molar-refractivity contribution in [2.45, 2.75) is 69.9 Å². The number of fused-ring (bicyclic) bond motifs is 1. The fourth-order valence-electron chi connectivity index (χ4n) is 6.82. The number of rotatable bonds is 13. The first-order chi connectivity index (χ1) is 18.3. The lowest BCUT2D eigenvalue weighted by Gasteiger charge is -2.38. The lowest BCUT2D eigenvalue weighted by molar-refractivity contribution is -0.150. The number of aliphatic hydroxyl groups is 1. The minimum absolute atomic E-state index is 0.0207. The topological polar surface area (TPSA) is 90.4 Å². The molecule has 6 atom stereocenters. The molecular weight excluding hydrogens is 482 g/mol. The van der Waals surface area contributed by atoms with E-state index in [0.29, 0.717) is 32.5 Å². The molecule has 2 bridgehead atoms. The maximum atomic E-state index is 14.2. The predicted molar refractivity (Wildman–Crippen MR) is 145 cm³/mol. The van der Waals surface area contributed by atoms with Crippen molar-refractivity contribution in [3.63, 3.8) is 0 Å². The summed E-state index contributed by atoms with van der Waals surface area (Å²) < 4.78 is 6.55. The molecular formula is C30H41N3O5. The van der Waals surface area contributed by atoms with E-state index in [2.05, 4.69) is 20.1 Å². The zero-order chi connectivity index (χ0) is 27.4. The molecule has 1 aromatic carbocycles. The van der Waals surface area contributed by atoms with E-state index in [9.17, 15) is 19.5 Å². The zero-order valence-corrected chi connectivity index (χ0v) is 22.6. The van der Waals surface area contributed by atoms with Gasteiger partial charge in [-0.3, -0.25) is 14.4 Å². The Balaban J connectivity index is 1.69. The van der Waals surface area contributed by atoms with Crippen LogP contribution in [0.1, 0.15) is 45.1 Å². The molecule has 4 rings (SSSR count). The molecule has 3 amide bonds. The maximum absolute atomic E-state index is 14.2. The Labute approximate surface area is 225 Å². The predicted octanol–water partition coefficient (Wildman–Crippen LogP) is 2.77. The average molecular weight is 524 g/mol. The van der Waals surface area contributed by atoms with Crippen molar-refractivity contribution in [3.05, 3.63) is 61.2 Å². The van der Waals surface area contributed by atoms with Gasteiger partial charge in [-0.25, -0.2) is 0 Å². The summed E-state index contributed by atoms with van der Waals surface area (Å²) in [6, 6.07) is 8.79. The van der Waals surface area contributed by atoms with Gasteiger partial charge in [0.1, 0.15) is 11.6 Å². The van der Waals surface area contributed by atoms with Crippen molar-refractivity contribution >= 4 is 17.7 Å². The van der Waals surface area contributed by atoms with Gasteiger partial charge < -0.3 is 24.5 Å². The Bertz CT molecular complexity index is 1050. The lowest BCUT2D eigenvalue weighted by Crippen LogP contribution is -2.58. The van der Waals surface area contributed by atoms with E-state index in [0.717, 1.165) is 18.4 Å². The fraction of sp³-hybridized carbons (Fsp3) is 0.567. The molecule has 0 radical (unpaired) electrons. The van der Waals surface area contributed by atoms with Gasteiger partial charge in [-0.15, -0.1) is 13.2 Å². The summed E-state index contributed by atoms with van der Waals surface area (Å²) in [6.07, 6.45) is 5.83. The van der Waals surface area contributed by atoms with Crippen molar-refractivity contribution in [1.82, 2.24) is 14.7 Å². The second kappa shape index (κ2) is 11.8. The molecule has 1 spiro atoms. The first-order valence-corrected chi connectivity index (χ1v) is 13.8. The maximum Gasteiger partial charge on any atom is 0.248 e. The van der Waals surface area contributed by atoms with E-state index in [4.69, 9.17) is 4.74 Å². The Morgan fingerprint density at radius 2 is 1.92 bits per heavy atom. The Morgan fingerprint density at radius 1 is 1.21 bits per heavy atom. The third kappa shape index (κ3) is 4.80. The van der Waals surface area contributed by atoms with E-state index in [1.165, 1.54) is 4.90 Å². The molecule has 3 fully saturated rings. The second-order valence-corrected chi connectivity index (χ2v) is 10.7. The molecule has 3 unspecified atom stereocenters. The normalized spacial score (nSPS) is 28.2. The van der Waals surface area contributed by atoms with Crippen LogP contribution in [0.3, 0.4) is 0 Å². The summed E-state index contributed by atoms with van der Waals surface area (Å²) in [5, 5.41) is 9.85. The number of amides is 3. The lowest BCUT2D eigenvalue weighted by atomic mass is 9.70. The van der Waals surface area contributed by atoms with Crippen molar-refractivity contribution in [2.75, 3.05) is 26.2 Å². The quantitative estimate of drug-likeness (QED) is 0.402. The van der Waals surface area contributed by atoms with E-state index in [1.54, 1.807) is 22.0 Å². The minimum Gasteiger partial charge on any atom is -0.395 e. The molecule has 3 aliphatic rings. The van der Waals surface area contributed by atoms with Gasteiger partial charge >= 0.3 is 0 Å². The highest BCUT2D eigenvalue weighted by molar-refractivity contribution is 5.99. The van der Waals surface area contributed by atoms with Crippen molar-refractivity contribution in [2.24, 2.45) is 11.8 Å². The highest BCUT2D eigenvalue weighted by Crippen LogP contribution is 2.59. The summed E-state index contributed by atoms with van der Waals surface area (Å²) in [7, 11) is 0. The molecule has 3 heterocycles. The SMILES string of the molecule is C=CCN(Cc1ccccc1)C(=O)[C@@H]1[C@H]2C(=O)N(CCO)C(C(=O)N(CC=C)C(C)CCC)C23CC[C@H]1O3. The van der Waals surface area contributed by atoms with Gasteiger partial charge in [-0.05, 0) is 31.7 Å². The van der Waals surface area contributed by atoms with Gasteiger partial charge in [0.25, 0.3) is 0 Å². The van der Waals surface area contributed by atoms with Crippen LogP contribution in [0.5, 0.6) is 0 Å². The van der Waals surface area contributed by atoms with Gasteiger partial charge in [-0.1, -0.05) is 55.8 Å². The summed E-state index contributed by atoms with van der Waals surface area (Å²) in [4.78, 5) is 47.1. The molecule has 38 heavy (non-hydrogen) atoms. The fourth-order valence-corrected chi connectivity index (χ4v) is 6.82. The number of nitrogens with zero attached hydrogens (tertiary/aromatic N) is 3. The van der Waals surface area contributed by atoms with Crippen LogP contribution in [-0.4, -0.2) is 87.6 Å². The third-order valence-electron chi connectivity index (χ3n) is 8.38. The second-order valence-electron chi connectivity index (χ2n) is 10.7. The summed E-state index contributed by atoms with van der Waals surface area (Å²) in [5.74, 6) is -2.07. The monoisotopic (exact) mass is 523 g/mol. The zero-order valence-electron chi connectivity index (χ0n) is 22.6. The van der Waals surface area contributed by atoms with Crippen LogP contribution < -0.4 is 0 Å². The number of hydrogen-bond acceptors (Lipinski definition) is 5. The van der Waals surface area contributed by atoms with Crippen LogP contribution in [0, 0.1) is 11.8 Å². The average Bonchev–Trinajstić information content (AvgIpc) is 3.55. The highest BCUT2D eigenvalue weighted by atomic mass is 16.5. The van der Waals surface area contributed by atoms with Crippen LogP contribution in [0.2, 0.25) is 0 Å². The molecule has 8 nitrogen and oxygen atoms in total. The Morgan fingerprint density at radius 3 is 2.55 bits per heavy atom. The highest BCUT2D eigenvalue weighted by Gasteiger charge is 2.74. The molecule has 3 aliphatic heterocycles. The van der Waals surface area contributed by atoms with Crippen molar-refractivity contribution in [3.8, 4) is 0 Å². The molecule has 0 aliphatic carbocycles. The van der Waals surface area contributed by atoms with Crippen LogP contribution >= 0.6 is 0 Å². The van der Waals surface area contributed by atoms with E-state index < -0.39 is 29.6 Å². The number of aliphatic hydroxyl groups excluding tert-OH is 1. The smallest absolute Gasteiger partial charge is 0.248 e. The van der Waals surface area contributed by atoms with Gasteiger partial charge in [0.2, 0.25) is 17.7 Å². The Kier molecular flexibility index (Phi) is 8.73. The van der Waals surface area contributed by atoms with Gasteiger partial charge in [-0.2, -0.15) is 0 Å². The Hall–Kier alpha value is -2.97. The molecule has 3 saturated heterocycles. The van der Waals surface area contributed by atoms with Gasteiger partial charge in [0.15, 0.2) is 0 Å². The summed E-state index contributed by atoms with van der Waals surface area (Å²) in [5.41, 5.74) is -0.0918. The molecule has 0 saturated carbocycles. The molecule has 0 aromatic heterocycles. The standard InChI is InChI=1S/C30H41N3O5/c1-5-11-21(4)32(17-7-3)29(37)26-30-15-14-23(38-30)24(25(30)28(36)33(26)18-19-34)27(35)31(16-6-2)20-22-12-9-8-10-13-22/h6-10,12-13,21,23-26,34H,2-3,5,11,14-20H2,1,4H3/t21?,23-,24+,25+,26?,30?/m1/s1. The molecule has 1 N–H and O–H groups in total. The van der Waals surface area contributed by atoms with Gasteiger partial charge in [0.05, 0.1) is 24.5 Å².